The molecule has 0 saturated carbocycles. The highest BCUT2D eigenvalue weighted by Crippen LogP contribution is 2.32. The lowest BCUT2D eigenvalue weighted by Crippen LogP contribution is -2.35. The molecule has 2 aliphatic rings. The zero-order chi connectivity index (χ0) is 27.1. The predicted octanol–water partition coefficient (Wildman–Crippen LogP) is 6.28. The van der Waals surface area contributed by atoms with E-state index in [4.69, 9.17) is 14.6 Å². The number of hydrogen-bond donors (Lipinski definition) is 1. The van der Waals surface area contributed by atoms with Crippen LogP contribution in [-0.2, 0) is 16.8 Å². The van der Waals surface area contributed by atoms with Crippen molar-refractivity contribution in [3.05, 3.63) is 95.6 Å². The van der Waals surface area contributed by atoms with Gasteiger partial charge in [0.05, 0.1) is 18.4 Å². The molecule has 0 saturated heterocycles. The molecule has 2 aliphatic heterocycles. The Bertz CT molecular complexity index is 1670. The van der Waals surface area contributed by atoms with Gasteiger partial charge >= 0.3 is 0 Å². The van der Waals surface area contributed by atoms with Crippen molar-refractivity contribution in [2.24, 2.45) is 10.1 Å². The average Bonchev–Trinajstić information content (AvgIpc) is 3.66. The van der Waals surface area contributed by atoms with Crippen LogP contribution < -0.4 is 4.74 Å². The van der Waals surface area contributed by atoms with E-state index >= 15 is 0 Å². The molecule has 0 spiro atoms. The van der Waals surface area contributed by atoms with E-state index in [0.717, 1.165) is 22.2 Å². The lowest BCUT2D eigenvalue weighted by molar-refractivity contribution is -0.114. The smallest absolute Gasteiger partial charge is 0.283 e. The molecule has 39 heavy (non-hydrogen) atoms. The van der Waals surface area contributed by atoms with Crippen LogP contribution >= 0.6 is 11.8 Å². The summed E-state index contributed by atoms with van der Waals surface area (Å²) in [5, 5.41) is 16.5. The molecule has 0 radical (unpaired) electrons. The first-order valence-electron chi connectivity index (χ1n) is 12.6. The quantitative estimate of drug-likeness (QED) is 0.292. The number of hydrogen-bond acceptors (Lipinski definition) is 6. The Balaban J connectivity index is 1.23. The zero-order valence-corrected chi connectivity index (χ0v) is 22.7. The van der Waals surface area contributed by atoms with E-state index in [0.29, 0.717) is 29.1 Å². The summed E-state index contributed by atoms with van der Waals surface area (Å²) in [6.45, 7) is 7.68. The third-order valence-electron chi connectivity index (χ3n) is 6.63. The van der Waals surface area contributed by atoms with Crippen LogP contribution in [0.4, 0.5) is 0 Å². The summed E-state index contributed by atoms with van der Waals surface area (Å²) in [5.41, 5.74) is 3.39. The Kier molecular flexibility index (Phi) is 6.23. The van der Waals surface area contributed by atoms with Gasteiger partial charge in [-0.1, -0.05) is 51.1 Å². The molecular weight excluding hydrogens is 510 g/mol. The van der Waals surface area contributed by atoms with Gasteiger partial charge in [-0.2, -0.15) is 15.1 Å². The molecule has 1 N–H and O–H groups in total. The van der Waals surface area contributed by atoms with Crippen molar-refractivity contribution in [2.45, 2.75) is 32.7 Å². The van der Waals surface area contributed by atoms with Gasteiger partial charge in [0.2, 0.25) is 5.17 Å². The number of fused-ring (bicyclic) bond motifs is 2. The van der Waals surface area contributed by atoms with Crippen LogP contribution in [0.3, 0.4) is 0 Å². The molecule has 0 unspecified atom stereocenters. The fraction of sp³-hybridized carbons (Fsp3) is 0.200. The fourth-order valence-electron chi connectivity index (χ4n) is 4.54. The van der Waals surface area contributed by atoms with Gasteiger partial charge in [-0.3, -0.25) is 10.2 Å². The summed E-state index contributed by atoms with van der Waals surface area (Å²) in [6.07, 6.45) is 5.27. The van der Waals surface area contributed by atoms with Crippen LogP contribution in [0.5, 0.6) is 5.75 Å². The van der Waals surface area contributed by atoms with E-state index in [1.165, 1.54) is 22.3 Å². The zero-order valence-electron chi connectivity index (χ0n) is 21.8. The summed E-state index contributed by atoms with van der Waals surface area (Å²) in [7, 11) is 0. The fourth-order valence-corrected chi connectivity index (χ4v) is 5.39. The predicted molar refractivity (Wildman–Crippen MR) is 155 cm³/mol. The third-order valence-corrected chi connectivity index (χ3v) is 7.55. The van der Waals surface area contributed by atoms with E-state index in [1.807, 2.05) is 42.6 Å². The summed E-state index contributed by atoms with van der Waals surface area (Å²) >= 11 is 1.21. The maximum atomic E-state index is 13.0. The molecule has 9 heteroatoms. The van der Waals surface area contributed by atoms with Crippen LogP contribution in [0.2, 0.25) is 0 Å². The van der Waals surface area contributed by atoms with E-state index < -0.39 is 5.91 Å². The van der Waals surface area contributed by atoms with Crippen LogP contribution in [0.1, 0.15) is 37.7 Å². The number of para-hydroxylation sites is 1. The number of benzene rings is 2. The maximum Gasteiger partial charge on any atom is 0.283 e. The lowest BCUT2D eigenvalue weighted by atomic mass is 9.87. The number of rotatable bonds is 6. The van der Waals surface area contributed by atoms with Gasteiger partial charge in [0.15, 0.2) is 16.6 Å². The molecule has 2 aromatic carbocycles. The first kappa shape index (κ1) is 24.9. The summed E-state index contributed by atoms with van der Waals surface area (Å²) < 4.78 is 13.6. The number of amides is 1. The molecule has 6 rings (SSSR count). The minimum absolute atomic E-state index is 0.0158. The number of hydrazone groups is 1. The number of furan rings is 1. The molecule has 2 aromatic heterocycles. The molecular formula is C30H27N5O3S. The van der Waals surface area contributed by atoms with Crippen molar-refractivity contribution in [1.82, 2.24) is 9.58 Å². The Morgan fingerprint density at radius 2 is 1.87 bits per heavy atom. The van der Waals surface area contributed by atoms with Gasteiger partial charge in [0, 0.05) is 22.7 Å². The molecule has 4 heterocycles. The first-order chi connectivity index (χ1) is 18.8. The molecule has 196 valence electrons. The van der Waals surface area contributed by atoms with Crippen molar-refractivity contribution in [1.29, 1.82) is 5.41 Å². The Hall–Kier alpha value is -4.37. The van der Waals surface area contributed by atoms with Gasteiger partial charge in [-0.25, -0.2) is 0 Å². The number of aromatic nitrogens is 1. The summed E-state index contributed by atoms with van der Waals surface area (Å²) in [5.74, 6) is 0.916. The summed E-state index contributed by atoms with van der Waals surface area (Å²) in [4.78, 5) is 17.2. The Morgan fingerprint density at radius 3 is 2.62 bits per heavy atom. The standard InChI is InChI=1S/C30H27N5O3S/c1-30(2,3)20-10-12-21(13-11-20)37-16-14-34-18-19(22-7-4-5-8-24(22)34)17-23-26(31)35-29(32-27(23)36)39-28(33-35)25-9-6-15-38-25/h4-13,15,17-18,31H,14,16H2,1-3H3/b23-17-,31-26?. The van der Waals surface area contributed by atoms with Crippen LogP contribution in [-0.4, -0.2) is 38.1 Å². The van der Waals surface area contributed by atoms with Crippen LogP contribution in [0.15, 0.2) is 93.2 Å². The van der Waals surface area contributed by atoms with Gasteiger partial charge in [-0.15, -0.1) is 0 Å². The Morgan fingerprint density at radius 1 is 1.08 bits per heavy atom. The minimum atomic E-state index is -0.464. The topological polar surface area (TPSA) is 96.2 Å². The van der Waals surface area contributed by atoms with E-state index in [2.05, 4.69) is 47.6 Å². The summed E-state index contributed by atoms with van der Waals surface area (Å²) in [6, 6.07) is 19.8. The monoisotopic (exact) mass is 537 g/mol. The van der Waals surface area contributed by atoms with Crippen molar-refractivity contribution >= 4 is 50.7 Å². The lowest BCUT2D eigenvalue weighted by Gasteiger charge is -2.20. The normalized spacial score (nSPS) is 16.6. The number of aliphatic imine (C=N–C) groups is 1. The molecule has 1 amide bonds. The van der Waals surface area contributed by atoms with Gasteiger partial charge < -0.3 is 13.7 Å². The second-order valence-electron chi connectivity index (χ2n) is 10.3. The molecule has 4 aromatic rings. The van der Waals surface area contributed by atoms with Crippen molar-refractivity contribution < 1.29 is 13.9 Å². The SMILES string of the molecule is CC(C)(C)c1ccc(OCCn2cc(/C=C3/C(=N)N4N=C(c5ccco5)SC4=NC3=O)c3ccccc32)cc1. The van der Waals surface area contributed by atoms with Gasteiger partial charge in [0.25, 0.3) is 5.91 Å². The second-order valence-corrected chi connectivity index (χ2v) is 11.3. The van der Waals surface area contributed by atoms with Crippen LogP contribution in [0, 0.1) is 5.41 Å². The average molecular weight is 538 g/mol. The maximum absolute atomic E-state index is 13.0. The third kappa shape index (κ3) is 4.81. The largest absolute Gasteiger partial charge is 0.492 e. The number of ether oxygens (including phenoxy) is 1. The van der Waals surface area contributed by atoms with E-state index in [1.54, 1.807) is 24.5 Å². The highest BCUT2D eigenvalue weighted by Gasteiger charge is 2.36. The second kappa shape index (κ2) is 9.74. The molecule has 0 bridgehead atoms. The number of amidine groups is 2. The highest BCUT2D eigenvalue weighted by molar-refractivity contribution is 8.27. The van der Waals surface area contributed by atoms with E-state index in [-0.39, 0.29) is 16.8 Å². The Labute approximate surface area is 230 Å². The van der Waals surface area contributed by atoms with Crippen molar-refractivity contribution in [3.63, 3.8) is 0 Å². The molecule has 0 aliphatic carbocycles. The molecule has 8 nitrogen and oxygen atoms in total. The number of carbonyl (C=O) groups is 1. The van der Waals surface area contributed by atoms with Crippen LogP contribution in [0.25, 0.3) is 17.0 Å². The first-order valence-corrected chi connectivity index (χ1v) is 13.4. The van der Waals surface area contributed by atoms with Crippen molar-refractivity contribution in [3.8, 4) is 5.75 Å². The number of nitrogens with zero attached hydrogens (tertiary/aromatic N) is 4. The van der Waals surface area contributed by atoms with E-state index in [9.17, 15) is 4.79 Å². The highest BCUT2D eigenvalue weighted by atomic mass is 32.2. The minimum Gasteiger partial charge on any atom is -0.492 e. The van der Waals surface area contributed by atoms with Gasteiger partial charge in [0.1, 0.15) is 12.4 Å². The number of thioether (sulfide) groups is 1. The number of carbonyl (C=O) groups excluding carboxylic acids is 1. The molecule has 0 atom stereocenters. The van der Waals surface area contributed by atoms with Crippen molar-refractivity contribution in [2.75, 3.05) is 6.61 Å². The molecule has 0 fully saturated rings. The number of nitrogens with one attached hydrogen (secondary N) is 1. The van der Waals surface area contributed by atoms with Gasteiger partial charge in [-0.05, 0) is 59.1 Å².